The van der Waals surface area contributed by atoms with Crippen molar-refractivity contribution in [1.29, 1.82) is 0 Å². The van der Waals surface area contributed by atoms with Crippen molar-refractivity contribution in [2.75, 3.05) is 19.6 Å². The third-order valence-electron chi connectivity index (χ3n) is 6.04. The topological polar surface area (TPSA) is 57.7 Å². The van der Waals surface area contributed by atoms with Crippen LogP contribution < -0.4 is 0 Å². The first kappa shape index (κ1) is 17.0. The maximum atomic E-state index is 13.0. The van der Waals surface area contributed by atoms with E-state index in [2.05, 4.69) is 0 Å². The fourth-order valence-electron chi connectivity index (χ4n) is 4.70. The molecule has 0 aromatic heterocycles. The van der Waals surface area contributed by atoms with Crippen LogP contribution in [0.25, 0.3) is 0 Å². The molecule has 2 heterocycles. The van der Waals surface area contributed by atoms with Crippen LogP contribution in [-0.4, -0.2) is 49.2 Å². The minimum Gasteiger partial charge on any atom is -0.341 e. The van der Waals surface area contributed by atoms with Crippen molar-refractivity contribution in [1.82, 2.24) is 9.21 Å². The highest BCUT2D eigenvalue weighted by atomic mass is 32.2. The van der Waals surface area contributed by atoms with Crippen molar-refractivity contribution in [3.8, 4) is 0 Å². The second kappa shape index (κ2) is 6.72. The number of hydrogen-bond donors (Lipinski definition) is 0. The molecule has 136 valence electrons. The maximum absolute atomic E-state index is 13.0. The van der Waals surface area contributed by atoms with E-state index < -0.39 is 16.1 Å². The van der Waals surface area contributed by atoms with Crippen molar-refractivity contribution >= 4 is 15.9 Å². The van der Waals surface area contributed by atoms with Crippen molar-refractivity contribution < 1.29 is 13.2 Å². The van der Waals surface area contributed by atoms with E-state index in [0.717, 1.165) is 19.5 Å². The number of hydrogen-bond acceptors (Lipinski definition) is 3. The van der Waals surface area contributed by atoms with E-state index in [1.165, 1.54) is 30.0 Å². The predicted molar refractivity (Wildman–Crippen MR) is 95.4 cm³/mol. The average Bonchev–Trinajstić information content (AvgIpc) is 3.13. The first-order chi connectivity index (χ1) is 12.1. The van der Waals surface area contributed by atoms with Crippen LogP contribution in [0.3, 0.4) is 0 Å². The van der Waals surface area contributed by atoms with Crippen LogP contribution >= 0.6 is 0 Å². The minimum atomic E-state index is -3.61. The van der Waals surface area contributed by atoms with E-state index in [1.807, 2.05) is 4.90 Å². The molecule has 2 atom stereocenters. The molecule has 1 aliphatic carbocycles. The van der Waals surface area contributed by atoms with Gasteiger partial charge in [-0.15, -0.1) is 0 Å². The van der Waals surface area contributed by atoms with Gasteiger partial charge in [0, 0.05) is 19.6 Å². The van der Waals surface area contributed by atoms with Crippen molar-refractivity contribution in [2.45, 2.75) is 49.5 Å². The van der Waals surface area contributed by atoms with Crippen molar-refractivity contribution in [3.63, 3.8) is 0 Å². The Morgan fingerprint density at radius 2 is 1.76 bits per heavy atom. The Labute approximate surface area is 150 Å². The van der Waals surface area contributed by atoms with Crippen LogP contribution in [0.2, 0.25) is 0 Å². The lowest BCUT2D eigenvalue weighted by atomic mass is 9.87. The first-order valence-electron chi connectivity index (χ1n) is 9.41. The van der Waals surface area contributed by atoms with Crippen LogP contribution in [0, 0.1) is 11.8 Å². The van der Waals surface area contributed by atoms with Gasteiger partial charge in [-0.1, -0.05) is 31.0 Å². The number of amides is 1. The molecule has 0 spiro atoms. The third-order valence-corrected chi connectivity index (χ3v) is 7.96. The van der Waals surface area contributed by atoms with Gasteiger partial charge in [-0.05, 0) is 49.7 Å². The van der Waals surface area contributed by atoms with Crippen molar-refractivity contribution in [2.24, 2.45) is 11.8 Å². The van der Waals surface area contributed by atoms with E-state index >= 15 is 0 Å². The molecule has 4 rings (SSSR count). The molecule has 5 nitrogen and oxygen atoms in total. The van der Waals surface area contributed by atoms with Crippen LogP contribution in [0.4, 0.5) is 0 Å². The summed E-state index contributed by atoms with van der Waals surface area (Å²) in [6.45, 7) is 2.08. The number of sulfonamides is 1. The number of likely N-dealkylation sites (tertiary alicyclic amines) is 1. The molecule has 1 aromatic carbocycles. The van der Waals surface area contributed by atoms with Gasteiger partial charge in [-0.25, -0.2) is 8.42 Å². The first-order valence-corrected chi connectivity index (χ1v) is 10.9. The van der Waals surface area contributed by atoms with E-state index in [9.17, 15) is 13.2 Å². The van der Waals surface area contributed by atoms with Crippen LogP contribution in [0.15, 0.2) is 35.2 Å². The fourth-order valence-corrected chi connectivity index (χ4v) is 6.33. The second-order valence-corrected chi connectivity index (χ2v) is 9.62. The Hall–Kier alpha value is -1.40. The molecule has 6 heteroatoms. The van der Waals surface area contributed by atoms with Gasteiger partial charge >= 0.3 is 0 Å². The largest absolute Gasteiger partial charge is 0.341 e. The normalized spacial score (nSPS) is 28.5. The summed E-state index contributed by atoms with van der Waals surface area (Å²) in [5, 5.41) is 0. The maximum Gasteiger partial charge on any atom is 0.243 e. The smallest absolute Gasteiger partial charge is 0.243 e. The molecule has 3 aliphatic rings. The monoisotopic (exact) mass is 362 g/mol. The number of benzene rings is 1. The second-order valence-electron chi connectivity index (χ2n) is 7.73. The number of piperidine rings is 2. The van der Waals surface area contributed by atoms with Crippen LogP contribution in [0.5, 0.6) is 0 Å². The molecule has 1 amide bonds. The standard InChI is InChI=1S/C19H26N2O3S/c22-19-18-12-16(14-20(19)13-15-6-4-5-7-15)10-11-21(18)25(23,24)17-8-2-1-3-9-17/h1-3,8-9,15-16,18H,4-7,10-14H2/t16-,18+/m0/s1. The SMILES string of the molecule is O=C1[C@H]2C[C@H](CCN2S(=O)(=O)c2ccccc2)CN1CC1CCCC1. The zero-order valence-corrected chi connectivity index (χ0v) is 15.3. The van der Waals surface area contributed by atoms with E-state index in [-0.39, 0.29) is 10.8 Å². The molecule has 1 aromatic rings. The highest BCUT2D eigenvalue weighted by molar-refractivity contribution is 7.89. The summed E-state index contributed by atoms with van der Waals surface area (Å²) >= 11 is 0. The number of carbonyl (C=O) groups excluding carboxylic acids is 1. The van der Waals surface area contributed by atoms with E-state index in [4.69, 9.17) is 0 Å². The molecule has 2 bridgehead atoms. The molecule has 1 saturated carbocycles. The quantitative estimate of drug-likeness (QED) is 0.827. The van der Waals surface area contributed by atoms with Gasteiger partial charge < -0.3 is 4.90 Å². The molecular formula is C19H26N2O3S. The van der Waals surface area contributed by atoms with E-state index in [1.54, 1.807) is 30.3 Å². The fraction of sp³-hybridized carbons (Fsp3) is 0.632. The van der Waals surface area contributed by atoms with Gasteiger partial charge in [0.25, 0.3) is 0 Å². The summed E-state index contributed by atoms with van der Waals surface area (Å²) in [4.78, 5) is 15.3. The highest BCUT2D eigenvalue weighted by Gasteiger charge is 2.46. The Morgan fingerprint density at radius 3 is 2.48 bits per heavy atom. The zero-order chi connectivity index (χ0) is 17.4. The Morgan fingerprint density at radius 1 is 1.04 bits per heavy atom. The predicted octanol–water partition coefficient (Wildman–Crippen LogP) is 2.49. The lowest BCUT2D eigenvalue weighted by molar-refractivity contribution is -0.143. The number of carbonyl (C=O) groups is 1. The molecule has 2 aliphatic heterocycles. The summed E-state index contributed by atoms with van der Waals surface area (Å²) in [5.74, 6) is 1.05. The lowest BCUT2D eigenvalue weighted by Crippen LogP contribution is -2.60. The van der Waals surface area contributed by atoms with Gasteiger partial charge in [0.2, 0.25) is 15.9 Å². The Bertz CT molecular complexity index is 728. The molecule has 0 unspecified atom stereocenters. The molecule has 0 radical (unpaired) electrons. The Kier molecular flexibility index (Phi) is 4.58. The molecule has 25 heavy (non-hydrogen) atoms. The van der Waals surface area contributed by atoms with Gasteiger partial charge in [0.15, 0.2) is 0 Å². The Balaban J connectivity index is 1.56. The highest BCUT2D eigenvalue weighted by Crippen LogP contribution is 2.35. The molecule has 0 N–H and O–H groups in total. The van der Waals surface area contributed by atoms with Crippen LogP contribution in [-0.2, 0) is 14.8 Å². The average molecular weight is 362 g/mol. The van der Waals surface area contributed by atoms with Crippen LogP contribution in [0.1, 0.15) is 38.5 Å². The number of rotatable bonds is 4. The van der Waals surface area contributed by atoms with E-state index in [0.29, 0.717) is 24.8 Å². The number of fused-ring (bicyclic) bond motifs is 2. The summed E-state index contributed by atoms with van der Waals surface area (Å²) in [6, 6.07) is 7.99. The third kappa shape index (κ3) is 3.22. The van der Waals surface area contributed by atoms with Gasteiger partial charge in [0.1, 0.15) is 6.04 Å². The summed E-state index contributed by atoms with van der Waals surface area (Å²) < 4.78 is 27.5. The summed E-state index contributed by atoms with van der Waals surface area (Å²) in [7, 11) is -3.61. The van der Waals surface area contributed by atoms with Gasteiger partial charge in [0.05, 0.1) is 4.90 Å². The molecular weight excluding hydrogens is 336 g/mol. The zero-order valence-electron chi connectivity index (χ0n) is 14.5. The lowest BCUT2D eigenvalue weighted by Gasteiger charge is -2.46. The van der Waals surface area contributed by atoms with Gasteiger partial charge in [-0.2, -0.15) is 4.31 Å². The summed E-state index contributed by atoms with van der Waals surface area (Å²) in [6.07, 6.45) is 6.43. The summed E-state index contributed by atoms with van der Waals surface area (Å²) in [5.41, 5.74) is 0. The van der Waals surface area contributed by atoms with Gasteiger partial charge in [-0.3, -0.25) is 4.79 Å². The molecule has 3 fully saturated rings. The van der Waals surface area contributed by atoms with Crippen molar-refractivity contribution in [3.05, 3.63) is 30.3 Å². The minimum absolute atomic E-state index is 0.0161. The molecule has 2 saturated heterocycles. The number of nitrogens with zero attached hydrogens (tertiary/aromatic N) is 2.